The summed E-state index contributed by atoms with van der Waals surface area (Å²) >= 11 is 2.82. The first kappa shape index (κ1) is 12.2. The summed E-state index contributed by atoms with van der Waals surface area (Å²) in [5, 5.41) is 28.9. The highest BCUT2D eigenvalue weighted by Crippen LogP contribution is 2.41. The smallest absolute Gasteiger partial charge is 0.343 e. The van der Waals surface area contributed by atoms with Gasteiger partial charge in [-0.25, -0.2) is 4.79 Å². The van der Waals surface area contributed by atoms with Crippen molar-refractivity contribution in [3.63, 3.8) is 0 Å². The standard InChI is InChI=1S/C8H6BrNO6/c1-16-7-4(10(14)15)2-3(9)6(11)5(7)8(12)13/h2,11H,1H3,(H,12,13). The molecule has 0 spiro atoms. The normalized spacial score (nSPS) is 9.88. The van der Waals surface area contributed by atoms with E-state index in [2.05, 4.69) is 20.7 Å². The van der Waals surface area contributed by atoms with E-state index in [4.69, 9.17) is 5.11 Å². The Balaban J connectivity index is 3.68. The lowest BCUT2D eigenvalue weighted by molar-refractivity contribution is -0.385. The van der Waals surface area contributed by atoms with Gasteiger partial charge in [0, 0.05) is 6.07 Å². The molecule has 0 saturated heterocycles. The van der Waals surface area contributed by atoms with Crippen LogP contribution in [0.3, 0.4) is 0 Å². The van der Waals surface area contributed by atoms with Gasteiger partial charge in [0.2, 0.25) is 5.75 Å². The molecular weight excluding hydrogens is 286 g/mol. The predicted octanol–water partition coefficient (Wildman–Crippen LogP) is 1.77. The van der Waals surface area contributed by atoms with Gasteiger partial charge in [-0.3, -0.25) is 10.1 Å². The fourth-order valence-electron chi connectivity index (χ4n) is 1.15. The number of hydrogen-bond acceptors (Lipinski definition) is 5. The molecule has 1 aromatic carbocycles. The van der Waals surface area contributed by atoms with Gasteiger partial charge >= 0.3 is 11.7 Å². The fourth-order valence-corrected chi connectivity index (χ4v) is 1.56. The molecule has 86 valence electrons. The Bertz CT molecular complexity index is 472. The first-order valence-electron chi connectivity index (χ1n) is 3.87. The van der Waals surface area contributed by atoms with Crippen molar-refractivity contribution in [2.24, 2.45) is 0 Å². The molecule has 0 radical (unpaired) electrons. The van der Waals surface area contributed by atoms with Crippen LogP contribution in [0.25, 0.3) is 0 Å². The quantitative estimate of drug-likeness (QED) is 0.649. The number of ether oxygens (including phenoxy) is 1. The maximum atomic E-state index is 10.8. The van der Waals surface area contributed by atoms with E-state index in [1.807, 2.05) is 0 Å². The number of aromatic carboxylic acids is 1. The summed E-state index contributed by atoms with van der Waals surface area (Å²) in [7, 11) is 1.09. The second-order valence-electron chi connectivity index (χ2n) is 2.70. The highest BCUT2D eigenvalue weighted by atomic mass is 79.9. The van der Waals surface area contributed by atoms with E-state index in [1.54, 1.807) is 0 Å². The van der Waals surface area contributed by atoms with E-state index >= 15 is 0 Å². The first-order chi connectivity index (χ1) is 7.40. The summed E-state index contributed by atoms with van der Waals surface area (Å²) in [6, 6.07) is 0.973. The predicted molar refractivity (Wildman–Crippen MR) is 56.0 cm³/mol. The molecule has 16 heavy (non-hydrogen) atoms. The highest BCUT2D eigenvalue weighted by Gasteiger charge is 2.28. The van der Waals surface area contributed by atoms with Crippen LogP contribution in [0.4, 0.5) is 5.69 Å². The Morgan fingerprint density at radius 2 is 2.19 bits per heavy atom. The topological polar surface area (TPSA) is 110 Å². The number of carboxylic acids is 1. The van der Waals surface area contributed by atoms with Gasteiger partial charge in [-0.15, -0.1) is 0 Å². The number of rotatable bonds is 3. The lowest BCUT2D eigenvalue weighted by Crippen LogP contribution is -2.04. The molecule has 0 aromatic heterocycles. The van der Waals surface area contributed by atoms with Crippen molar-refractivity contribution < 1.29 is 24.7 Å². The summed E-state index contributed by atoms with van der Waals surface area (Å²) in [5.74, 6) is -2.62. The van der Waals surface area contributed by atoms with Crippen LogP contribution in [-0.4, -0.2) is 28.2 Å². The molecule has 8 heteroatoms. The van der Waals surface area contributed by atoms with E-state index in [-0.39, 0.29) is 4.47 Å². The Kier molecular flexibility index (Phi) is 3.33. The fraction of sp³-hybridized carbons (Fsp3) is 0.125. The number of nitrogens with zero attached hydrogens (tertiary/aromatic N) is 1. The second kappa shape index (κ2) is 4.35. The molecule has 0 saturated carbocycles. The maximum absolute atomic E-state index is 10.8. The van der Waals surface area contributed by atoms with Gasteiger partial charge in [0.1, 0.15) is 5.75 Å². The Morgan fingerprint density at radius 1 is 1.62 bits per heavy atom. The molecule has 2 N–H and O–H groups in total. The molecule has 0 aliphatic carbocycles. The van der Waals surface area contributed by atoms with Gasteiger partial charge in [-0.1, -0.05) is 0 Å². The van der Waals surface area contributed by atoms with Crippen molar-refractivity contribution in [3.05, 3.63) is 26.2 Å². The summed E-state index contributed by atoms with van der Waals surface area (Å²) in [6.07, 6.45) is 0. The van der Waals surface area contributed by atoms with Crippen molar-refractivity contribution in [3.8, 4) is 11.5 Å². The molecule has 7 nitrogen and oxygen atoms in total. The van der Waals surface area contributed by atoms with Crippen molar-refractivity contribution in [1.82, 2.24) is 0 Å². The third kappa shape index (κ3) is 1.91. The number of hydrogen-bond donors (Lipinski definition) is 2. The van der Waals surface area contributed by atoms with Crippen LogP contribution >= 0.6 is 15.9 Å². The third-order valence-corrected chi connectivity index (χ3v) is 2.41. The lowest BCUT2D eigenvalue weighted by atomic mass is 10.1. The van der Waals surface area contributed by atoms with E-state index in [0.29, 0.717) is 0 Å². The van der Waals surface area contributed by atoms with Crippen LogP contribution in [0.15, 0.2) is 10.5 Å². The molecule has 0 aliphatic heterocycles. The van der Waals surface area contributed by atoms with Crippen LogP contribution in [0, 0.1) is 10.1 Å². The SMILES string of the molecule is COc1c([N+](=O)[O-])cc(Br)c(O)c1C(=O)O. The van der Waals surface area contributed by atoms with E-state index in [9.17, 15) is 20.0 Å². The van der Waals surface area contributed by atoms with Crippen molar-refractivity contribution in [2.75, 3.05) is 7.11 Å². The minimum Gasteiger partial charge on any atom is -0.506 e. The molecule has 0 bridgehead atoms. The number of phenols is 1. The molecule has 1 rings (SSSR count). The monoisotopic (exact) mass is 291 g/mol. The maximum Gasteiger partial charge on any atom is 0.343 e. The van der Waals surface area contributed by atoms with Crippen LogP contribution in [0.2, 0.25) is 0 Å². The van der Waals surface area contributed by atoms with Gasteiger partial charge in [0.25, 0.3) is 0 Å². The number of methoxy groups -OCH3 is 1. The zero-order chi connectivity index (χ0) is 12.5. The number of benzene rings is 1. The van der Waals surface area contributed by atoms with E-state index in [1.165, 1.54) is 0 Å². The molecule has 0 amide bonds. The molecular formula is C8H6BrNO6. The van der Waals surface area contributed by atoms with E-state index < -0.39 is 33.6 Å². The Labute approximate surface area is 97.5 Å². The van der Waals surface area contributed by atoms with Crippen molar-refractivity contribution in [2.45, 2.75) is 0 Å². The van der Waals surface area contributed by atoms with Crippen LogP contribution in [0.1, 0.15) is 10.4 Å². The molecule has 0 heterocycles. The summed E-state index contributed by atoms with van der Waals surface area (Å²) in [6.45, 7) is 0. The van der Waals surface area contributed by atoms with E-state index in [0.717, 1.165) is 13.2 Å². The number of nitro groups is 1. The van der Waals surface area contributed by atoms with Crippen LogP contribution < -0.4 is 4.74 Å². The summed E-state index contributed by atoms with van der Waals surface area (Å²) in [5.41, 5.74) is -1.19. The zero-order valence-electron chi connectivity index (χ0n) is 7.93. The minimum absolute atomic E-state index is 0.0857. The summed E-state index contributed by atoms with van der Waals surface area (Å²) < 4.78 is 4.55. The number of nitro benzene ring substituents is 1. The number of aromatic hydroxyl groups is 1. The highest BCUT2D eigenvalue weighted by molar-refractivity contribution is 9.10. The second-order valence-corrected chi connectivity index (χ2v) is 3.55. The van der Waals surface area contributed by atoms with Crippen molar-refractivity contribution in [1.29, 1.82) is 0 Å². The molecule has 0 aliphatic rings. The number of halogens is 1. The van der Waals surface area contributed by atoms with Gasteiger partial charge in [0.05, 0.1) is 16.5 Å². The van der Waals surface area contributed by atoms with Gasteiger partial charge in [-0.2, -0.15) is 0 Å². The van der Waals surface area contributed by atoms with Crippen LogP contribution in [-0.2, 0) is 0 Å². The van der Waals surface area contributed by atoms with Gasteiger partial charge < -0.3 is 14.9 Å². The van der Waals surface area contributed by atoms with Crippen molar-refractivity contribution >= 4 is 27.6 Å². The van der Waals surface area contributed by atoms with Crippen LogP contribution in [0.5, 0.6) is 11.5 Å². The zero-order valence-corrected chi connectivity index (χ0v) is 9.52. The first-order valence-corrected chi connectivity index (χ1v) is 4.66. The molecule has 0 fully saturated rings. The minimum atomic E-state index is -1.52. The number of carboxylic acid groups (broad SMARTS) is 1. The molecule has 0 atom stereocenters. The van der Waals surface area contributed by atoms with Gasteiger partial charge in [-0.05, 0) is 15.9 Å². The third-order valence-electron chi connectivity index (χ3n) is 1.80. The average Bonchev–Trinajstić information content (AvgIpc) is 2.20. The van der Waals surface area contributed by atoms with Gasteiger partial charge in [0.15, 0.2) is 5.56 Å². The molecule has 0 unspecified atom stereocenters. The number of carbonyl (C=O) groups is 1. The largest absolute Gasteiger partial charge is 0.506 e. The Hall–Kier alpha value is -1.83. The lowest BCUT2D eigenvalue weighted by Gasteiger charge is -2.08. The Morgan fingerprint density at radius 3 is 2.56 bits per heavy atom. The average molecular weight is 292 g/mol. The summed E-state index contributed by atoms with van der Waals surface area (Å²) in [4.78, 5) is 20.7. The molecule has 1 aromatic rings.